The first-order chi connectivity index (χ1) is 12.1. The Hall–Kier alpha value is -2.28. The highest BCUT2D eigenvalue weighted by molar-refractivity contribution is 5.99. The van der Waals surface area contributed by atoms with Crippen LogP contribution in [0.5, 0.6) is 0 Å². The number of nitrogens with zero attached hydrogens (tertiary/aromatic N) is 4. The van der Waals surface area contributed by atoms with Crippen molar-refractivity contribution in [1.29, 1.82) is 0 Å². The molecule has 0 spiro atoms. The minimum Gasteiger partial charge on any atom is -0.338 e. The molecule has 7 heteroatoms. The molecule has 1 aromatic carbocycles. The molecule has 2 heterocycles. The zero-order valence-corrected chi connectivity index (χ0v) is 14.4. The molecule has 6 nitrogen and oxygen atoms in total. The van der Waals surface area contributed by atoms with Crippen LogP contribution >= 0.6 is 0 Å². The summed E-state index contributed by atoms with van der Waals surface area (Å²) < 4.78 is 19.4. The average Bonchev–Trinajstić information content (AvgIpc) is 3.22. The molecule has 1 amide bonds. The molecule has 2 unspecified atom stereocenters. The fraction of sp³-hybridized carbons (Fsp3) is 0.500. The minimum absolute atomic E-state index is 0.0959. The van der Waals surface area contributed by atoms with Crippen molar-refractivity contribution in [3.63, 3.8) is 0 Å². The second-order valence-corrected chi connectivity index (χ2v) is 6.85. The number of aromatic nitrogens is 2. The summed E-state index contributed by atoms with van der Waals surface area (Å²) in [4.78, 5) is 20.7. The largest absolute Gasteiger partial charge is 0.338 e. The van der Waals surface area contributed by atoms with E-state index in [0.29, 0.717) is 30.5 Å². The van der Waals surface area contributed by atoms with Crippen LogP contribution in [0.1, 0.15) is 49.9 Å². The van der Waals surface area contributed by atoms with E-state index in [-0.39, 0.29) is 23.8 Å². The van der Waals surface area contributed by atoms with E-state index in [1.807, 2.05) is 18.9 Å². The van der Waals surface area contributed by atoms with Gasteiger partial charge in [-0.25, -0.2) is 4.39 Å². The Labute approximate surface area is 145 Å². The molecule has 2 aromatic rings. The van der Waals surface area contributed by atoms with Gasteiger partial charge >= 0.3 is 0 Å². The van der Waals surface area contributed by atoms with Gasteiger partial charge in [0.1, 0.15) is 5.82 Å². The van der Waals surface area contributed by atoms with Gasteiger partial charge in [0.25, 0.3) is 0 Å². The number of hydrogen-bond acceptors (Lipinski definition) is 5. The number of carbonyl (C=O) groups excluding carboxylic acids is 1. The van der Waals surface area contributed by atoms with Crippen LogP contribution in [0.3, 0.4) is 0 Å². The van der Waals surface area contributed by atoms with Crippen molar-refractivity contribution in [3.8, 4) is 0 Å². The molecule has 4 rings (SSSR count). The van der Waals surface area contributed by atoms with E-state index in [9.17, 15) is 9.18 Å². The molecule has 1 saturated carbocycles. The minimum atomic E-state index is -0.377. The third kappa shape index (κ3) is 2.93. The maximum absolute atomic E-state index is 14.0. The van der Waals surface area contributed by atoms with Gasteiger partial charge < -0.3 is 9.42 Å². The van der Waals surface area contributed by atoms with Crippen LogP contribution in [0, 0.1) is 5.82 Å². The zero-order valence-electron chi connectivity index (χ0n) is 14.4. The fourth-order valence-corrected chi connectivity index (χ4v) is 3.32. The Morgan fingerprint density at radius 1 is 1.32 bits per heavy atom. The first-order valence-corrected chi connectivity index (χ1v) is 8.67. The monoisotopic (exact) mass is 344 g/mol. The summed E-state index contributed by atoms with van der Waals surface area (Å²) in [5, 5.41) is 4.04. The quantitative estimate of drug-likeness (QED) is 0.835. The van der Waals surface area contributed by atoms with Gasteiger partial charge in [-0.15, -0.1) is 0 Å². The lowest BCUT2D eigenvalue weighted by molar-refractivity contribution is -0.122. The predicted molar refractivity (Wildman–Crippen MR) is 89.6 cm³/mol. The highest BCUT2D eigenvalue weighted by atomic mass is 19.1. The number of halogens is 1. The van der Waals surface area contributed by atoms with Gasteiger partial charge in [-0.2, -0.15) is 4.98 Å². The second-order valence-electron chi connectivity index (χ2n) is 6.85. The Kier molecular flexibility index (Phi) is 4.03. The average molecular weight is 344 g/mol. The van der Waals surface area contributed by atoms with Crippen molar-refractivity contribution < 1.29 is 13.7 Å². The van der Waals surface area contributed by atoms with Crippen molar-refractivity contribution in [3.05, 3.63) is 41.8 Å². The van der Waals surface area contributed by atoms with Crippen LogP contribution in [0.4, 0.5) is 10.1 Å². The van der Waals surface area contributed by atoms with Gasteiger partial charge in [0.2, 0.25) is 11.8 Å². The Bertz CT molecular complexity index is 789. The van der Waals surface area contributed by atoms with Crippen molar-refractivity contribution in [2.24, 2.45) is 0 Å². The SMILES string of the molecule is CC(c1nc(C2CC2)no1)N(C)C1CCN(c2ccccc2F)C1=O. The third-order valence-corrected chi connectivity index (χ3v) is 5.18. The van der Waals surface area contributed by atoms with Gasteiger partial charge in [0.15, 0.2) is 5.82 Å². The summed E-state index contributed by atoms with van der Waals surface area (Å²) in [7, 11) is 1.87. The van der Waals surface area contributed by atoms with Crippen LogP contribution in [0.2, 0.25) is 0 Å². The predicted octanol–water partition coefficient (Wildman–Crippen LogP) is 2.88. The molecule has 25 heavy (non-hydrogen) atoms. The van der Waals surface area contributed by atoms with Crippen LogP contribution in [0.25, 0.3) is 0 Å². The van der Waals surface area contributed by atoms with E-state index in [4.69, 9.17) is 4.52 Å². The summed E-state index contributed by atoms with van der Waals surface area (Å²) in [6.07, 6.45) is 2.86. The molecule has 0 radical (unpaired) electrons. The number of carbonyl (C=O) groups is 1. The van der Waals surface area contributed by atoms with Crippen LogP contribution < -0.4 is 4.90 Å². The second kappa shape index (κ2) is 6.22. The highest BCUT2D eigenvalue weighted by Crippen LogP contribution is 2.39. The maximum Gasteiger partial charge on any atom is 0.244 e. The highest BCUT2D eigenvalue weighted by Gasteiger charge is 2.39. The number of hydrogen-bond donors (Lipinski definition) is 0. The summed E-state index contributed by atoms with van der Waals surface area (Å²) in [6, 6.07) is 5.88. The van der Waals surface area contributed by atoms with Crippen LogP contribution in [-0.4, -0.2) is 40.6 Å². The molecule has 2 fully saturated rings. The van der Waals surface area contributed by atoms with Crippen LogP contribution in [-0.2, 0) is 4.79 Å². The van der Waals surface area contributed by atoms with E-state index < -0.39 is 0 Å². The zero-order chi connectivity index (χ0) is 17.6. The topological polar surface area (TPSA) is 62.5 Å². The third-order valence-electron chi connectivity index (χ3n) is 5.18. The summed E-state index contributed by atoms with van der Waals surface area (Å²) >= 11 is 0. The van der Waals surface area contributed by atoms with Gasteiger partial charge in [-0.3, -0.25) is 9.69 Å². The Balaban J connectivity index is 1.49. The van der Waals surface area contributed by atoms with Gasteiger partial charge in [-0.05, 0) is 45.4 Å². The lowest BCUT2D eigenvalue weighted by Gasteiger charge is -2.27. The lowest BCUT2D eigenvalue weighted by atomic mass is 10.1. The van der Waals surface area contributed by atoms with Gasteiger partial charge in [0, 0.05) is 12.5 Å². The molecule has 1 aliphatic heterocycles. The molecule has 2 atom stereocenters. The molecule has 2 aliphatic rings. The molecule has 1 aliphatic carbocycles. The molecule has 0 N–H and O–H groups in total. The van der Waals surface area contributed by atoms with E-state index in [1.165, 1.54) is 11.0 Å². The normalized spacial score (nSPS) is 22.0. The summed E-state index contributed by atoms with van der Waals surface area (Å²) in [5.41, 5.74) is 0.338. The van der Waals surface area contributed by atoms with E-state index in [1.54, 1.807) is 18.2 Å². The first kappa shape index (κ1) is 16.2. The van der Waals surface area contributed by atoms with Crippen LogP contribution in [0.15, 0.2) is 28.8 Å². The van der Waals surface area contributed by atoms with E-state index in [0.717, 1.165) is 18.7 Å². The number of likely N-dealkylation sites (N-methyl/N-ethyl adjacent to an activating group) is 1. The Morgan fingerprint density at radius 3 is 2.80 bits per heavy atom. The van der Waals surface area contributed by atoms with Gasteiger partial charge in [0.05, 0.1) is 17.8 Å². The standard InChI is InChI=1S/C18H21FN4O2/c1-11(17-20-16(21-25-17)12-7-8-12)22(2)15-9-10-23(18(15)24)14-6-4-3-5-13(14)19/h3-6,11-12,15H,7-10H2,1-2H3. The van der Waals surface area contributed by atoms with E-state index >= 15 is 0 Å². The van der Waals surface area contributed by atoms with E-state index in [2.05, 4.69) is 10.1 Å². The number of para-hydroxylation sites is 1. The molecule has 1 saturated heterocycles. The summed E-state index contributed by atoms with van der Waals surface area (Å²) in [6.45, 7) is 2.45. The first-order valence-electron chi connectivity index (χ1n) is 8.67. The molecule has 0 bridgehead atoms. The van der Waals surface area contributed by atoms with Crippen molar-refractivity contribution in [1.82, 2.24) is 15.0 Å². The van der Waals surface area contributed by atoms with Crippen molar-refractivity contribution in [2.75, 3.05) is 18.5 Å². The lowest BCUT2D eigenvalue weighted by Crippen LogP contribution is -2.41. The smallest absolute Gasteiger partial charge is 0.244 e. The number of benzene rings is 1. The maximum atomic E-state index is 14.0. The molecule has 1 aromatic heterocycles. The Morgan fingerprint density at radius 2 is 2.08 bits per heavy atom. The van der Waals surface area contributed by atoms with Crippen molar-refractivity contribution in [2.45, 2.75) is 44.2 Å². The van der Waals surface area contributed by atoms with Gasteiger partial charge in [-0.1, -0.05) is 17.3 Å². The number of anilines is 1. The number of amides is 1. The molecular formula is C18H21FN4O2. The van der Waals surface area contributed by atoms with Crippen molar-refractivity contribution >= 4 is 11.6 Å². The fourth-order valence-electron chi connectivity index (χ4n) is 3.32. The molecular weight excluding hydrogens is 323 g/mol. The summed E-state index contributed by atoms with van der Waals surface area (Å²) in [5.74, 6) is 1.25. The number of rotatable bonds is 5. The molecule has 132 valence electrons.